The van der Waals surface area contributed by atoms with E-state index in [1.165, 1.54) is 10.7 Å². The minimum absolute atomic E-state index is 0.132. The van der Waals surface area contributed by atoms with E-state index in [0.717, 1.165) is 17.0 Å². The Kier molecular flexibility index (Phi) is 5.14. The van der Waals surface area contributed by atoms with Gasteiger partial charge in [0.2, 0.25) is 0 Å². The van der Waals surface area contributed by atoms with Crippen LogP contribution in [0, 0.1) is 12.7 Å². The van der Waals surface area contributed by atoms with Gasteiger partial charge in [-0.15, -0.1) is 0 Å². The molecule has 1 aromatic carbocycles. The summed E-state index contributed by atoms with van der Waals surface area (Å²) in [6, 6.07) is 9.53. The largest absolute Gasteiger partial charge is 0.304 e. The Bertz CT molecular complexity index is 1480. The van der Waals surface area contributed by atoms with Gasteiger partial charge in [0, 0.05) is 53.4 Å². The van der Waals surface area contributed by atoms with E-state index in [2.05, 4.69) is 25.6 Å². The van der Waals surface area contributed by atoms with Crippen molar-refractivity contribution in [2.24, 2.45) is 7.05 Å². The van der Waals surface area contributed by atoms with Crippen molar-refractivity contribution in [3.8, 4) is 11.3 Å². The van der Waals surface area contributed by atoms with Gasteiger partial charge in [0.15, 0.2) is 17.2 Å². The van der Waals surface area contributed by atoms with Crippen molar-refractivity contribution in [1.29, 1.82) is 0 Å². The number of fused-ring (bicyclic) bond motifs is 1. The Morgan fingerprint density at radius 2 is 2.06 bits per heavy atom. The molecule has 33 heavy (non-hydrogen) atoms. The van der Waals surface area contributed by atoms with Crippen molar-refractivity contribution in [2.45, 2.75) is 13.5 Å². The Hall–Kier alpha value is -4.05. The Morgan fingerprint density at radius 1 is 1.21 bits per heavy atom. The van der Waals surface area contributed by atoms with Crippen LogP contribution < -0.4 is 5.32 Å². The second kappa shape index (κ2) is 8.14. The molecule has 0 spiro atoms. The van der Waals surface area contributed by atoms with Crippen molar-refractivity contribution in [2.75, 3.05) is 5.32 Å². The molecule has 1 N–H and O–H groups in total. The molecule has 0 saturated carbocycles. The molecular weight excluding hydrogens is 447 g/mol. The normalized spacial score (nSPS) is 11.3. The number of rotatable bonds is 5. The van der Waals surface area contributed by atoms with Gasteiger partial charge in [-0.3, -0.25) is 14.2 Å². The highest BCUT2D eigenvalue weighted by atomic mass is 35.5. The Morgan fingerprint density at radius 3 is 2.82 bits per heavy atom. The highest BCUT2D eigenvalue weighted by Gasteiger charge is 2.17. The van der Waals surface area contributed by atoms with E-state index in [1.807, 2.05) is 20.0 Å². The second-order valence-corrected chi connectivity index (χ2v) is 7.86. The SMILES string of the molecule is Cc1c(-c2ccnc3cc(C(=O)Nc4ccn(Cc5c(F)cccc5Cl)n4)nn23)cnn1C. The molecule has 4 heterocycles. The number of hydrogen-bond acceptors (Lipinski definition) is 5. The molecule has 0 aliphatic heterocycles. The number of hydrogen-bond donors (Lipinski definition) is 1. The summed E-state index contributed by atoms with van der Waals surface area (Å²) in [4.78, 5) is 17.1. The molecule has 4 aromatic heterocycles. The molecule has 0 radical (unpaired) electrons. The molecule has 11 heteroatoms. The highest BCUT2D eigenvalue weighted by molar-refractivity contribution is 6.31. The lowest BCUT2D eigenvalue weighted by Crippen LogP contribution is -2.14. The number of anilines is 1. The number of aromatic nitrogens is 7. The number of amides is 1. The van der Waals surface area contributed by atoms with Crippen LogP contribution in [0.25, 0.3) is 16.9 Å². The fourth-order valence-electron chi connectivity index (χ4n) is 3.50. The van der Waals surface area contributed by atoms with Crippen LogP contribution in [0.4, 0.5) is 10.2 Å². The zero-order chi connectivity index (χ0) is 23.1. The van der Waals surface area contributed by atoms with Crippen LogP contribution in [-0.2, 0) is 13.6 Å². The first-order chi connectivity index (χ1) is 15.9. The maximum absolute atomic E-state index is 14.0. The summed E-state index contributed by atoms with van der Waals surface area (Å²) >= 11 is 6.08. The number of nitrogens with one attached hydrogen (secondary N) is 1. The standard InChI is InChI=1S/C22H18ClFN8O/c1-13-14(11-26-30(13)2)19-6-8-25-21-10-18(28-32(19)21)22(33)27-20-7-9-31(29-20)12-15-16(23)4-3-5-17(15)24/h3-11H,12H2,1-2H3,(H,27,29,33). The molecule has 0 saturated heterocycles. The van der Waals surface area contributed by atoms with Gasteiger partial charge >= 0.3 is 0 Å². The first-order valence-corrected chi connectivity index (χ1v) is 10.4. The van der Waals surface area contributed by atoms with Crippen LogP contribution in [0.1, 0.15) is 21.7 Å². The molecule has 0 fully saturated rings. The summed E-state index contributed by atoms with van der Waals surface area (Å²) in [5, 5.41) is 16.0. The number of carbonyl (C=O) groups is 1. The Labute approximate surface area is 192 Å². The van der Waals surface area contributed by atoms with Gasteiger partial charge in [-0.25, -0.2) is 13.9 Å². The molecule has 9 nitrogen and oxygen atoms in total. The predicted octanol–water partition coefficient (Wildman–Crippen LogP) is 3.73. The van der Waals surface area contributed by atoms with E-state index >= 15 is 0 Å². The summed E-state index contributed by atoms with van der Waals surface area (Å²) in [6.07, 6.45) is 5.04. The average molecular weight is 465 g/mol. The molecule has 1 amide bonds. The number of halogens is 2. The van der Waals surface area contributed by atoms with Crippen LogP contribution in [0.3, 0.4) is 0 Å². The summed E-state index contributed by atoms with van der Waals surface area (Å²) in [6.45, 7) is 2.09. The highest BCUT2D eigenvalue weighted by Crippen LogP contribution is 2.23. The van der Waals surface area contributed by atoms with Crippen molar-refractivity contribution in [3.63, 3.8) is 0 Å². The lowest BCUT2D eigenvalue weighted by Gasteiger charge is -2.06. The third-order valence-electron chi connectivity index (χ3n) is 5.37. The monoisotopic (exact) mass is 464 g/mol. The number of aryl methyl sites for hydroxylation is 1. The molecule has 5 aromatic rings. The molecule has 0 aliphatic rings. The molecule has 5 rings (SSSR count). The lowest BCUT2D eigenvalue weighted by molar-refractivity contribution is 0.102. The number of nitrogens with zero attached hydrogens (tertiary/aromatic N) is 7. The van der Waals surface area contributed by atoms with Gasteiger partial charge in [0.05, 0.1) is 18.4 Å². The van der Waals surface area contributed by atoms with E-state index in [-0.39, 0.29) is 12.2 Å². The molecule has 0 unspecified atom stereocenters. The Balaban J connectivity index is 1.38. The topological polar surface area (TPSA) is 94.9 Å². The van der Waals surface area contributed by atoms with Crippen LogP contribution in [0.5, 0.6) is 0 Å². The maximum atomic E-state index is 14.0. The number of benzene rings is 1. The van der Waals surface area contributed by atoms with Gasteiger partial charge in [-0.1, -0.05) is 17.7 Å². The zero-order valence-electron chi connectivity index (χ0n) is 17.7. The van der Waals surface area contributed by atoms with E-state index in [1.54, 1.807) is 52.1 Å². The van der Waals surface area contributed by atoms with Gasteiger partial charge in [-0.2, -0.15) is 15.3 Å². The molecule has 0 bridgehead atoms. The van der Waals surface area contributed by atoms with Crippen LogP contribution in [-0.4, -0.2) is 40.1 Å². The third kappa shape index (κ3) is 3.85. The van der Waals surface area contributed by atoms with E-state index in [0.29, 0.717) is 22.1 Å². The predicted molar refractivity (Wildman–Crippen MR) is 121 cm³/mol. The van der Waals surface area contributed by atoms with Gasteiger partial charge < -0.3 is 5.32 Å². The van der Waals surface area contributed by atoms with Crippen molar-refractivity contribution < 1.29 is 9.18 Å². The first kappa shape index (κ1) is 20.8. The molecule has 0 atom stereocenters. The van der Waals surface area contributed by atoms with Crippen molar-refractivity contribution >= 4 is 29.0 Å². The van der Waals surface area contributed by atoms with Crippen LogP contribution in [0.15, 0.2) is 55.0 Å². The zero-order valence-corrected chi connectivity index (χ0v) is 18.5. The fourth-order valence-corrected chi connectivity index (χ4v) is 3.73. The van der Waals surface area contributed by atoms with E-state index < -0.39 is 11.7 Å². The first-order valence-electron chi connectivity index (χ1n) is 10.0. The number of carbonyl (C=O) groups excluding carboxylic acids is 1. The van der Waals surface area contributed by atoms with Gasteiger partial charge in [0.1, 0.15) is 5.82 Å². The van der Waals surface area contributed by atoms with Gasteiger partial charge in [0.25, 0.3) is 5.91 Å². The third-order valence-corrected chi connectivity index (χ3v) is 5.72. The summed E-state index contributed by atoms with van der Waals surface area (Å²) in [5.74, 6) is -0.551. The quantitative estimate of drug-likeness (QED) is 0.427. The average Bonchev–Trinajstić information content (AvgIpc) is 3.50. The van der Waals surface area contributed by atoms with Crippen molar-refractivity contribution in [3.05, 3.63) is 82.8 Å². The van der Waals surface area contributed by atoms with Crippen LogP contribution in [0.2, 0.25) is 5.02 Å². The summed E-state index contributed by atoms with van der Waals surface area (Å²) < 4.78 is 18.9. The lowest BCUT2D eigenvalue weighted by atomic mass is 10.2. The summed E-state index contributed by atoms with van der Waals surface area (Å²) in [5.41, 5.74) is 3.67. The minimum atomic E-state index is -0.441. The van der Waals surface area contributed by atoms with Crippen molar-refractivity contribution in [1.82, 2.24) is 34.2 Å². The van der Waals surface area contributed by atoms with Crippen LogP contribution >= 0.6 is 11.6 Å². The molecular formula is C22H18ClFN8O. The summed E-state index contributed by atoms with van der Waals surface area (Å²) in [7, 11) is 1.86. The smallest absolute Gasteiger partial charge is 0.277 e. The molecule has 0 aliphatic carbocycles. The van der Waals surface area contributed by atoms with Gasteiger partial charge in [-0.05, 0) is 25.1 Å². The minimum Gasteiger partial charge on any atom is -0.304 e. The second-order valence-electron chi connectivity index (χ2n) is 7.45. The maximum Gasteiger partial charge on any atom is 0.277 e. The van der Waals surface area contributed by atoms with E-state index in [4.69, 9.17) is 11.6 Å². The molecule has 166 valence electrons. The fraction of sp³-hybridized carbons (Fsp3) is 0.136. The van der Waals surface area contributed by atoms with E-state index in [9.17, 15) is 9.18 Å².